The second kappa shape index (κ2) is 5.73. The van der Waals surface area contributed by atoms with E-state index in [1.807, 2.05) is 31.2 Å². The van der Waals surface area contributed by atoms with Crippen molar-refractivity contribution in [1.82, 2.24) is 4.90 Å². The van der Waals surface area contributed by atoms with Gasteiger partial charge in [-0.25, -0.2) is 4.79 Å². The molecule has 5 heteroatoms. The zero-order valence-electron chi connectivity index (χ0n) is 10.9. The third-order valence-electron chi connectivity index (χ3n) is 3.35. The van der Waals surface area contributed by atoms with E-state index < -0.39 is 5.97 Å². The number of anilines is 1. The van der Waals surface area contributed by atoms with Gasteiger partial charge in [0.15, 0.2) is 0 Å². The number of hydrogen-bond donors (Lipinski definition) is 2. The first-order chi connectivity index (χ1) is 9.06. The molecule has 0 spiro atoms. The number of nitrogens with zero attached hydrogens (tertiary/aromatic N) is 1. The zero-order valence-corrected chi connectivity index (χ0v) is 10.9. The fourth-order valence-corrected chi connectivity index (χ4v) is 2.35. The van der Waals surface area contributed by atoms with Gasteiger partial charge in [0.1, 0.15) is 0 Å². The number of nitrogens with one attached hydrogen (secondary N) is 1. The smallest absolute Gasteiger partial charge is 0.322 e. The van der Waals surface area contributed by atoms with Crippen molar-refractivity contribution >= 4 is 17.7 Å². The molecule has 0 radical (unpaired) electrons. The molecule has 2 amide bonds. The van der Waals surface area contributed by atoms with Gasteiger partial charge in [0.2, 0.25) is 0 Å². The van der Waals surface area contributed by atoms with Crippen molar-refractivity contribution in [2.24, 2.45) is 0 Å². The fraction of sp³-hybridized carbons (Fsp3) is 0.429. The number of urea groups is 1. The van der Waals surface area contributed by atoms with E-state index in [2.05, 4.69) is 5.32 Å². The van der Waals surface area contributed by atoms with E-state index in [-0.39, 0.29) is 18.5 Å². The number of aryl methyl sites for hydroxylation is 1. The van der Waals surface area contributed by atoms with Crippen molar-refractivity contribution in [2.45, 2.75) is 32.2 Å². The molecule has 19 heavy (non-hydrogen) atoms. The maximum atomic E-state index is 12.1. The molecule has 5 nitrogen and oxygen atoms in total. The van der Waals surface area contributed by atoms with Gasteiger partial charge in [0.05, 0.1) is 6.42 Å². The van der Waals surface area contributed by atoms with Gasteiger partial charge in [-0.3, -0.25) is 4.79 Å². The molecule has 0 bridgehead atoms. The van der Waals surface area contributed by atoms with E-state index in [9.17, 15) is 9.59 Å². The van der Waals surface area contributed by atoms with Crippen LogP contribution >= 0.6 is 0 Å². The molecular weight excluding hydrogens is 244 g/mol. The number of carboxylic acids is 1. The van der Waals surface area contributed by atoms with Crippen molar-refractivity contribution in [3.05, 3.63) is 29.8 Å². The van der Waals surface area contributed by atoms with E-state index >= 15 is 0 Å². The Morgan fingerprint density at radius 2 is 2.05 bits per heavy atom. The van der Waals surface area contributed by atoms with Crippen LogP contribution in [-0.4, -0.2) is 34.6 Å². The van der Waals surface area contributed by atoms with Crippen LogP contribution in [0.2, 0.25) is 0 Å². The molecule has 1 aliphatic heterocycles. The predicted molar refractivity (Wildman–Crippen MR) is 72.2 cm³/mol. The second-order valence-corrected chi connectivity index (χ2v) is 4.88. The van der Waals surface area contributed by atoms with Crippen molar-refractivity contribution in [2.75, 3.05) is 11.9 Å². The summed E-state index contributed by atoms with van der Waals surface area (Å²) in [4.78, 5) is 24.5. The fourth-order valence-electron chi connectivity index (χ4n) is 2.35. The molecule has 1 aromatic rings. The SMILES string of the molecule is Cc1ccc(NC(=O)N2CCCC2CC(=O)O)cc1. The minimum atomic E-state index is -0.861. The highest BCUT2D eigenvalue weighted by Crippen LogP contribution is 2.21. The maximum Gasteiger partial charge on any atom is 0.322 e. The number of amides is 2. The van der Waals surface area contributed by atoms with Gasteiger partial charge in [0, 0.05) is 18.3 Å². The molecule has 1 heterocycles. The van der Waals surface area contributed by atoms with E-state index in [0.29, 0.717) is 6.54 Å². The van der Waals surface area contributed by atoms with Crippen molar-refractivity contribution in [3.63, 3.8) is 0 Å². The molecule has 1 aromatic carbocycles. The summed E-state index contributed by atoms with van der Waals surface area (Å²) in [5.74, 6) is -0.861. The van der Waals surface area contributed by atoms with Crippen LogP contribution in [0.15, 0.2) is 24.3 Å². The summed E-state index contributed by atoms with van der Waals surface area (Å²) in [6, 6.07) is 7.13. The molecule has 0 aliphatic carbocycles. The summed E-state index contributed by atoms with van der Waals surface area (Å²) in [7, 11) is 0. The quantitative estimate of drug-likeness (QED) is 0.879. The number of carbonyl (C=O) groups is 2. The normalized spacial score (nSPS) is 18.4. The average Bonchev–Trinajstić information content (AvgIpc) is 2.79. The third kappa shape index (κ3) is 3.47. The molecule has 1 atom stereocenters. The van der Waals surface area contributed by atoms with Crippen LogP contribution in [0.5, 0.6) is 0 Å². The number of rotatable bonds is 3. The molecule has 2 rings (SSSR count). The summed E-state index contributed by atoms with van der Waals surface area (Å²) in [6.45, 7) is 2.60. The zero-order chi connectivity index (χ0) is 13.8. The largest absolute Gasteiger partial charge is 0.481 e. The number of hydrogen-bond acceptors (Lipinski definition) is 2. The molecule has 1 aliphatic rings. The monoisotopic (exact) mass is 262 g/mol. The second-order valence-electron chi connectivity index (χ2n) is 4.88. The van der Waals surface area contributed by atoms with Crippen LogP contribution in [-0.2, 0) is 4.79 Å². The number of likely N-dealkylation sites (tertiary alicyclic amines) is 1. The summed E-state index contributed by atoms with van der Waals surface area (Å²) in [5.41, 5.74) is 1.86. The lowest BCUT2D eigenvalue weighted by molar-refractivity contribution is -0.137. The van der Waals surface area contributed by atoms with Crippen LogP contribution < -0.4 is 5.32 Å². The van der Waals surface area contributed by atoms with Gasteiger partial charge in [-0.15, -0.1) is 0 Å². The Bertz CT molecular complexity index is 470. The number of carboxylic acid groups (broad SMARTS) is 1. The van der Waals surface area contributed by atoms with Crippen LogP contribution in [0.4, 0.5) is 10.5 Å². The number of aliphatic carboxylic acids is 1. The predicted octanol–water partition coefficient (Wildman–Crippen LogP) is 2.47. The van der Waals surface area contributed by atoms with E-state index in [0.717, 1.165) is 24.1 Å². The highest BCUT2D eigenvalue weighted by Gasteiger charge is 2.30. The summed E-state index contributed by atoms with van der Waals surface area (Å²) in [5, 5.41) is 11.6. The van der Waals surface area contributed by atoms with Gasteiger partial charge in [-0.1, -0.05) is 17.7 Å². The Morgan fingerprint density at radius 3 is 2.68 bits per heavy atom. The number of carbonyl (C=O) groups excluding carboxylic acids is 1. The first-order valence-electron chi connectivity index (χ1n) is 6.42. The van der Waals surface area contributed by atoms with Crippen molar-refractivity contribution in [1.29, 1.82) is 0 Å². The van der Waals surface area contributed by atoms with Crippen LogP contribution in [0.3, 0.4) is 0 Å². The van der Waals surface area contributed by atoms with Gasteiger partial charge < -0.3 is 15.3 Å². The molecule has 2 N–H and O–H groups in total. The Kier molecular flexibility index (Phi) is 4.04. The molecule has 0 saturated carbocycles. The van der Waals surface area contributed by atoms with Crippen molar-refractivity contribution in [3.8, 4) is 0 Å². The third-order valence-corrected chi connectivity index (χ3v) is 3.35. The topological polar surface area (TPSA) is 69.6 Å². The lowest BCUT2D eigenvalue weighted by Gasteiger charge is -2.23. The van der Waals surface area contributed by atoms with Gasteiger partial charge in [-0.2, -0.15) is 0 Å². The van der Waals surface area contributed by atoms with Crippen LogP contribution in [0.25, 0.3) is 0 Å². The summed E-state index contributed by atoms with van der Waals surface area (Å²) in [6.07, 6.45) is 1.63. The Morgan fingerprint density at radius 1 is 1.37 bits per heavy atom. The Labute approximate surface area is 112 Å². The van der Waals surface area contributed by atoms with Crippen LogP contribution in [0.1, 0.15) is 24.8 Å². The first kappa shape index (κ1) is 13.4. The average molecular weight is 262 g/mol. The first-order valence-corrected chi connectivity index (χ1v) is 6.42. The van der Waals surface area contributed by atoms with Gasteiger partial charge in [0.25, 0.3) is 0 Å². The highest BCUT2D eigenvalue weighted by atomic mass is 16.4. The van der Waals surface area contributed by atoms with Crippen LogP contribution in [0, 0.1) is 6.92 Å². The van der Waals surface area contributed by atoms with Crippen molar-refractivity contribution < 1.29 is 14.7 Å². The highest BCUT2D eigenvalue weighted by molar-refractivity contribution is 5.90. The molecule has 1 fully saturated rings. The van der Waals surface area contributed by atoms with E-state index in [4.69, 9.17) is 5.11 Å². The summed E-state index contributed by atoms with van der Waals surface area (Å²) >= 11 is 0. The number of benzene rings is 1. The van der Waals surface area contributed by atoms with Gasteiger partial charge in [-0.05, 0) is 31.9 Å². The maximum absolute atomic E-state index is 12.1. The Balaban J connectivity index is 1.98. The lowest BCUT2D eigenvalue weighted by atomic mass is 10.1. The van der Waals surface area contributed by atoms with E-state index in [1.165, 1.54) is 0 Å². The molecule has 1 saturated heterocycles. The molecule has 1 unspecified atom stereocenters. The minimum absolute atomic E-state index is 0.0152. The Hall–Kier alpha value is -2.04. The molecule has 102 valence electrons. The minimum Gasteiger partial charge on any atom is -0.481 e. The standard InChI is InChI=1S/C14H18N2O3/c1-10-4-6-11(7-5-10)15-14(19)16-8-2-3-12(16)9-13(17)18/h4-7,12H,2-3,8-9H2,1H3,(H,15,19)(H,17,18). The molecular formula is C14H18N2O3. The lowest BCUT2D eigenvalue weighted by Crippen LogP contribution is -2.39. The summed E-state index contributed by atoms with van der Waals surface area (Å²) < 4.78 is 0. The van der Waals surface area contributed by atoms with E-state index in [1.54, 1.807) is 4.90 Å². The molecule has 0 aromatic heterocycles. The van der Waals surface area contributed by atoms with Gasteiger partial charge >= 0.3 is 12.0 Å².